The Morgan fingerprint density at radius 3 is 2.50 bits per heavy atom. The molecule has 2 aromatic carbocycles. The number of fused-ring (bicyclic) bond motifs is 1. The first-order valence-electron chi connectivity index (χ1n) is 9.87. The van der Waals surface area contributed by atoms with Gasteiger partial charge in [-0.25, -0.2) is 4.39 Å². The van der Waals surface area contributed by atoms with Gasteiger partial charge in [-0.3, -0.25) is 19.0 Å². The average Bonchev–Trinajstić information content (AvgIpc) is 3.05. The minimum Gasteiger partial charge on any atom is -0.505 e. The predicted molar refractivity (Wildman–Crippen MR) is 118 cm³/mol. The zero-order chi connectivity index (χ0) is 23.7. The van der Waals surface area contributed by atoms with Gasteiger partial charge in [0, 0.05) is 28.2 Å². The fourth-order valence-corrected chi connectivity index (χ4v) is 3.84. The number of hydrogen-bond acceptors (Lipinski definition) is 4. The summed E-state index contributed by atoms with van der Waals surface area (Å²) >= 11 is 6.01. The van der Waals surface area contributed by atoms with E-state index in [1.807, 2.05) is 0 Å². The van der Waals surface area contributed by atoms with Crippen LogP contribution in [-0.2, 0) is 9.59 Å². The molecule has 3 N–H and O–H groups in total. The number of hydrogen-bond donors (Lipinski definition) is 3. The second-order valence-corrected chi connectivity index (χ2v) is 8.09. The van der Waals surface area contributed by atoms with Crippen molar-refractivity contribution in [2.75, 3.05) is 6.54 Å². The fourth-order valence-electron chi connectivity index (χ4n) is 3.65. The summed E-state index contributed by atoms with van der Waals surface area (Å²) in [4.78, 5) is 37.1. The number of benzene rings is 2. The van der Waals surface area contributed by atoms with Crippen molar-refractivity contribution in [2.45, 2.75) is 26.7 Å². The molecule has 7 nitrogen and oxygen atoms in total. The van der Waals surface area contributed by atoms with Gasteiger partial charge in [-0.05, 0) is 49.7 Å². The van der Waals surface area contributed by atoms with Gasteiger partial charge in [0.2, 0.25) is 5.91 Å². The summed E-state index contributed by atoms with van der Waals surface area (Å²) in [5.74, 6) is -5.36. The van der Waals surface area contributed by atoms with Crippen molar-refractivity contribution < 1.29 is 29.0 Å². The lowest BCUT2D eigenvalue weighted by molar-refractivity contribution is -0.141. The highest BCUT2D eigenvalue weighted by Crippen LogP contribution is 2.37. The number of phenolic OH excluding ortho intramolecular Hbond substituents is 1. The topological polar surface area (TPSA) is 109 Å². The molecule has 0 saturated carbocycles. The van der Waals surface area contributed by atoms with Gasteiger partial charge in [0.05, 0.1) is 17.4 Å². The van der Waals surface area contributed by atoms with E-state index < -0.39 is 41.2 Å². The van der Waals surface area contributed by atoms with Crippen LogP contribution in [0.4, 0.5) is 4.39 Å². The van der Waals surface area contributed by atoms with Crippen LogP contribution >= 0.6 is 11.6 Å². The highest BCUT2D eigenvalue weighted by molar-refractivity contribution is 6.31. The molecule has 168 valence electrons. The van der Waals surface area contributed by atoms with E-state index in [2.05, 4.69) is 5.32 Å². The van der Waals surface area contributed by atoms with Gasteiger partial charge in [0.25, 0.3) is 5.91 Å². The molecule has 1 amide bonds. The second kappa shape index (κ2) is 9.00. The van der Waals surface area contributed by atoms with Crippen LogP contribution in [0.2, 0.25) is 5.02 Å². The van der Waals surface area contributed by atoms with E-state index in [1.54, 1.807) is 25.1 Å². The number of carboxylic acids is 1. The molecular weight excluding hydrogens is 439 g/mol. The number of carbonyl (C=O) groups excluding carboxylic acids is 2. The van der Waals surface area contributed by atoms with Crippen molar-refractivity contribution in [1.82, 2.24) is 9.88 Å². The maximum Gasteiger partial charge on any atom is 0.308 e. The molecule has 0 aliphatic rings. The molecule has 9 heteroatoms. The van der Waals surface area contributed by atoms with Crippen LogP contribution in [0, 0.1) is 18.7 Å². The van der Waals surface area contributed by atoms with E-state index in [-0.39, 0.29) is 28.6 Å². The molecule has 1 aromatic heterocycles. The number of rotatable bonds is 6. The minimum absolute atomic E-state index is 0.0492. The average molecular weight is 461 g/mol. The first kappa shape index (κ1) is 23.3. The van der Waals surface area contributed by atoms with Crippen molar-refractivity contribution in [3.05, 3.63) is 64.1 Å². The first-order valence-corrected chi connectivity index (χ1v) is 10.3. The van der Waals surface area contributed by atoms with E-state index in [4.69, 9.17) is 16.7 Å². The monoisotopic (exact) mass is 460 g/mol. The molecule has 2 unspecified atom stereocenters. The summed E-state index contributed by atoms with van der Waals surface area (Å²) in [5, 5.41) is 21.8. The highest BCUT2D eigenvalue weighted by Gasteiger charge is 2.29. The summed E-state index contributed by atoms with van der Waals surface area (Å²) in [5.41, 5.74) is 1.01. The van der Waals surface area contributed by atoms with Gasteiger partial charge in [-0.2, -0.15) is 0 Å². The number of aromatic nitrogens is 1. The van der Waals surface area contributed by atoms with Crippen LogP contribution in [0.25, 0.3) is 10.9 Å². The fraction of sp³-hybridized carbons (Fsp3) is 0.261. The largest absolute Gasteiger partial charge is 0.505 e. The Morgan fingerprint density at radius 1 is 1.19 bits per heavy atom. The van der Waals surface area contributed by atoms with Crippen LogP contribution in [-0.4, -0.2) is 39.1 Å². The minimum atomic E-state index is -1.06. The zero-order valence-electron chi connectivity index (χ0n) is 17.6. The number of amides is 1. The molecule has 1 heterocycles. The number of carbonyl (C=O) groups is 3. The van der Waals surface area contributed by atoms with Crippen LogP contribution in [0.15, 0.2) is 36.4 Å². The Hall–Kier alpha value is -3.39. The highest BCUT2D eigenvalue weighted by atomic mass is 35.5. The number of carboxylic acid groups (broad SMARTS) is 1. The third-order valence-corrected chi connectivity index (χ3v) is 5.68. The molecule has 0 radical (unpaired) electrons. The Morgan fingerprint density at radius 2 is 1.88 bits per heavy atom. The zero-order valence-corrected chi connectivity index (χ0v) is 18.4. The van der Waals surface area contributed by atoms with E-state index in [0.717, 1.165) is 6.07 Å². The van der Waals surface area contributed by atoms with E-state index in [1.165, 1.54) is 30.5 Å². The second-order valence-electron chi connectivity index (χ2n) is 7.65. The lowest BCUT2D eigenvalue weighted by atomic mass is 9.96. The lowest BCUT2D eigenvalue weighted by Crippen LogP contribution is -2.34. The molecule has 32 heavy (non-hydrogen) atoms. The summed E-state index contributed by atoms with van der Waals surface area (Å²) in [6.07, 6.45) is 0. The van der Waals surface area contributed by atoms with Gasteiger partial charge >= 0.3 is 5.97 Å². The smallest absolute Gasteiger partial charge is 0.308 e. The molecule has 0 fully saturated rings. The van der Waals surface area contributed by atoms with Gasteiger partial charge < -0.3 is 15.5 Å². The third-order valence-electron chi connectivity index (χ3n) is 5.44. The standard InChI is InChI=1S/C23H22ClFN2O5/c1-11(23(31)32)10-26-21(29)12(2)18-13(3)27(16-7-8-17(28)20(25)19(16)18)22(30)14-5-4-6-15(24)9-14/h4-9,11-12,28H,10H2,1-3H3,(H,26,29)(H,31,32). The van der Waals surface area contributed by atoms with Crippen molar-refractivity contribution in [3.8, 4) is 5.75 Å². The van der Waals surface area contributed by atoms with Crippen LogP contribution in [0.3, 0.4) is 0 Å². The normalized spacial score (nSPS) is 13.0. The quantitative estimate of drug-likeness (QED) is 0.513. The molecule has 0 aliphatic heterocycles. The molecule has 0 aliphatic carbocycles. The number of aromatic hydroxyl groups is 1. The molecule has 0 spiro atoms. The summed E-state index contributed by atoms with van der Waals surface area (Å²) in [6.45, 7) is 4.45. The Labute approximate surface area is 188 Å². The Balaban J connectivity index is 2.13. The molecule has 3 rings (SSSR count). The van der Waals surface area contributed by atoms with E-state index in [9.17, 15) is 19.5 Å². The van der Waals surface area contributed by atoms with Gasteiger partial charge in [-0.1, -0.05) is 24.6 Å². The maximum absolute atomic E-state index is 15.0. The summed E-state index contributed by atoms with van der Waals surface area (Å²) in [7, 11) is 0. The number of nitrogens with one attached hydrogen (secondary N) is 1. The van der Waals surface area contributed by atoms with Crippen LogP contribution in [0.1, 0.15) is 41.4 Å². The summed E-state index contributed by atoms with van der Waals surface area (Å²) < 4.78 is 16.3. The number of phenols is 1. The maximum atomic E-state index is 15.0. The van der Waals surface area contributed by atoms with Crippen molar-refractivity contribution in [1.29, 1.82) is 0 Å². The molecule has 0 saturated heterocycles. The van der Waals surface area contributed by atoms with Gasteiger partial charge in [0.1, 0.15) is 0 Å². The Kier molecular flexibility index (Phi) is 6.55. The molecule has 3 aromatic rings. The van der Waals surface area contributed by atoms with Crippen LogP contribution in [0.5, 0.6) is 5.75 Å². The first-order chi connectivity index (χ1) is 15.0. The molecule has 2 atom stereocenters. The number of aliphatic carboxylic acids is 1. The van der Waals surface area contributed by atoms with E-state index >= 15 is 4.39 Å². The summed E-state index contributed by atoms with van der Waals surface area (Å²) in [6, 6.07) is 8.83. The lowest BCUT2D eigenvalue weighted by Gasteiger charge is -2.15. The van der Waals surface area contributed by atoms with Crippen LogP contribution < -0.4 is 5.32 Å². The molecule has 0 bridgehead atoms. The number of halogens is 2. The van der Waals surface area contributed by atoms with Crippen molar-refractivity contribution in [2.24, 2.45) is 5.92 Å². The van der Waals surface area contributed by atoms with Gasteiger partial charge in [0.15, 0.2) is 11.6 Å². The SMILES string of the molecule is Cc1c(C(C)C(=O)NCC(C)C(=O)O)c2c(F)c(O)ccc2n1C(=O)c1cccc(Cl)c1. The van der Waals surface area contributed by atoms with E-state index in [0.29, 0.717) is 10.7 Å². The van der Waals surface area contributed by atoms with Gasteiger partial charge in [-0.15, -0.1) is 0 Å². The van der Waals surface area contributed by atoms with Crippen molar-refractivity contribution >= 4 is 40.3 Å². The molecular formula is C23H22ClFN2O5. The third kappa shape index (κ3) is 4.18. The van der Waals surface area contributed by atoms with Crippen molar-refractivity contribution in [3.63, 3.8) is 0 Å². The number of nitrogens with zero attached hydrogens (tertiary/aromatic N) is 1. The Bertz CT molecular complexity index is 1240. The predicted octanol–water partition coefficient (Wildman–Crippen LogP) is 4.08.